The van der Waals surface area contributed by atoms with Gasteiger partial charge in [-0.3, -0.25) is 4.98 Å². The lowest BCUT2D eigenvalue weighted by atomic mass is 10.1. The molecule has 1 heterocycles. The third-order valence-corrected chi connectivity index (χ3v) is 2.79. The van der Waals surface area contributed by atoms with Crippen LogP contribution in [0.4, 0.5) is 0 Å². The summed E-state index contributed by atoms with van der Waals surface area (Å²) < 4.78 is 0. The van der Waals surface area contributed by atoms with Crippen molar-refractivity contribution >= 4 is 10.9 Å². The molecular formula is C15H18N2. The van der Waals surface area contributed by atoms with Gasteiger partial charge in [0.2, 0.25) is 0 Å². The average molecular weight is 226 g/mol. The van der Waals surface area contributed by atoms with Gasteiger partial charge in [0.15, 0.2) is 0 Å². The number of hydrogen-bond acceptors (Lipinski definition) is 2. The number of hydrogen-bond donors (Lipinski definition) is 1. The Hall–Kier alpha value is -1.67. The third-order valence-electron chi connectivity index (χ3n) is 2.79. The van der Waals surface area contributed by atoms with Crippen LogP contribution in [0.2, 0.25) is 0 Å². The monoisotopic (exact) mass is 226 g/mol. The molecule has 0 spiro atoms. The highest BCUT2D eigenvalue weighted by atomic mass is 14.8. The fraction of sp³-hybridized carbons (Fsp3) is 0.267. The van der Waals surface area contributed by atoms with Gasteiger partial charge in [-0.1, -0.05) is 30.3 Å². The van der Waals surface area contributed by atoms with E-state index in [-0.39, 0.29) is 0 Å². The lowest BCUT2D eigenvalue weighted by Crippen LogP contribution is -2.14. The van der Waals surface area contributed by atoms with Crippen molar-refractivity contribution in [1.29, 1.82) is 0 Å². The van der Waals surface area contributed by atoms with E-state index in [9.17, 15) is 0 Å². The normalized spacial score (nSPS) is 10.6. The number of unbranched alkanes of at least 4 members (excludes halogenated alkanes) is 1. The summed E-state index contributed by atoms with van der Waals surface area (Å²) in [7, 11) is 0. The molecule has 0 fully saturated rings. The van der Waals surface area contributed by atoms with Crippen molar-refractivity contribution in [3.63, 3.8) is 0 Å². The highest BCUT2D eigenvalue weighted by molar-refractivity contribution is 5.81. The first-order valence-electron chi connectivity index (χ1n) is 6.06. The highest BCUT2D eigenvalue weighted by Crippen LogP contribution is 2.15. The standard InChI is InChI=1S/C15H18N2/c1-2-3-4-10-16-12-14-8-5-7-13-9-6-11-17-15(13)14/h2,5-9,11,16H,1,3-4,10,12H2. The van der Waals surface area contributed by atoms with E-state index in [4.69, 9.17) is 0 Å². The smallest absolute Gasteiger partial charge is 0.0746 e. The quantitative estimate of drug-likeness (QED) is 0.604. The summed E-state index contributed by atoms with van der Waals surface area (Å²) in [4.78, 5) is 4.44. The molecule has 88 valence electrons. The van der Waals surface area contributed by atoms with Crippen LogP contribution in [0.5, 0.6) is 0 Å². The molecule has 1 aromatic heterocycles. The molecule has 0 saturated carbocycles. The number of allylic oxidation sites excluding steroid dienone is 1. The minimum absolute atomic E-state index is 0.880. The molecule has 0 radical (unpaired) electrons. The van der Waals surface area contributed by atoms with Gasteiger partial charge >= 0.3 is 0 Å². The molecule has 0 unspecified atom stereocenters. The summed E-state index contributed by atoms with van der Waals surface area (Å²) in [6, 6.07) is 10.4. The molecule has 2 heteroatoms. The van der Waals surface area contributed by atoms with Gasteiger partial charge in [-0.15, -0.1) is 6.58 Å². The molecule has 2 nitrogen and oxygen atoms in total. The SMILES string of the molecule is C=CCCCNCc1cccc2cccnc12. The van der Waals surface area contributed by atoms with Gasteiger partial charge < -0.3 is 5.32 Å². The number of fused-ring (bicyclic) bond motifs is 1. The van der Waals surface area contributed by atoms with Crippen LogP contribution >= 0.6 is 0 Å². The van der Waals surface area contributed by atoms with E-state index in [0.717, 1.165) is 31.4 Å². The molecule has 0 saturated heterocycles. The molecule has 2 aromatic rings. The predicted molar refractivity (Wildman–Crippen MR) is 72.9 cm³/mol. The van der Waals surface area contributed by atoms with Gasteiger partial charge in [-0.2, -0.15) is 0 Å². The maximum Gasteiger partial charge on any atom is 0.0746 e. The van der Waals surface area contributed by atoms with Gasteiger partial charge in [0.05, 0.1) is 5.52 Å². The van der Waals surface area contributed by atoms with Crippen molar-refractivity contribution in [3.8, 4) is 0 Å². The van der Waals surface area contributed by atoms with Crippen molar-refractivity contribution in [2.75, 3.05) is 6.54 Å². The van der Waals surface area contributed by atoms with Gasteiger partial charge in [0, 0.05) is 18.1 Å². The second-order valence-corrected chi connectivity index (χ2v) is 4.10. The second kappa shape index (κ2) is 6.16. The number of benzene rings is 1. The zero-order valence-electron chi connectivity index (χ0n) is 10.0. The van der Waals surface area contributed by atoms with Crippen LogP contribution in [-0.4, -0.2) is 11.5 Å². The minimum Gasteiger partial charge on any atom is -0.313 e. The third kappa shape index (κ3) is 3.14. The molecular weight excluding hydrogens is 208 g/mol. The van der Waals surface area contributed by atoms with E-state index >= 15 is 0 Å². The van der Waals surface area contributed by atoms with E-state index in [1.165, 1.54) is 10.9 Å². The van der Waals surface area contributed by atoms with Crippen molar-refractivity contribution in [1.82, 2.24) is 10.3 Å². The Morgan fingerprint density at radius 1 is 1.24 bits per heavy atom. The minimum atomic E-state index is 0.880. The Kier molecular flexibility index (Phi) is 4.28. The zero-order chi connectivity index (χ0) is 11.9. The van der Waals surface area contributed by atoms with Gasteiger partial charge in [-0.25, -0.2) is 0 Å². The first kappa shape index (κ1) is 11.8. The van der Waals surface area contributed by atoms with E-state index < -0.39 is 0 Å². The number of nitrogens with one attached hydrogen (secondary N) is 1. The first-order chi connectivity index (χ1) is 8.42. The Balaban J connectivity index is 2.01. The Morgan fingerprint density at radius 2 is 2.12 bits per heavy atom. The van der Waals surface area contributed by atoms with Crippen LogP contribution < -0.4 is 5.32 Å². The Labute approximate surface area is 102 Å². The number of pyridine rings is 1. The summed E-state index contributed by atoms with van der Waals surface area (Å²) in [6.07, 6.45) is 6.02. The number of nitrogens with zero attached hydrogens (tertiary/aromatic N) is 1. The summed E-state index contributed by atoms with van der Waals surface area (Å²) in [5.74, 6) is 0. The largest absolute Gasteiger partial charge is 0.313 e. The van der Waals surface area contributed by atoms with Crippen LogP contribution in [0.25, 0.3) is 10.9 Å². The van der Waals surface area contributed by atoms with E-state index in [1.54, 1.807) is 0 Å². The fourth-order valence-corrected chi connectivity index (χ4v) is 1.90. The Bertz CT molecular complexity index is 486. The van der Waals surface area contributed by atoms with E-state index in [0.29, 0.717) is 0 Å². The average Bonchev–Trinajstić information content (AvgIpc) is 2.39. The van der Waals surface area contributed by atoms with Crippen LogP contribution in [0.15, 0.2) is 49.2 Å². The van der Waals surface area contributed by atoms with E-state index in [2.05, 4.69) is 41.1 Å². The first-order valence-corrected chi connectivity index (χ1v) is 6.06. The lowest BCUT2D eigenvalue weighted by Gasteiger charge is -2.06. The molecule has 0 aliphatic rings. The molecule has 1 aromatic carbocycles. The molecule has 0 aliphatic carbocycles. The number of para-hydroxylation sites is 1. The van der Waals surface area contributed by atoms with Crippen LogP contribution in [0, 0.1) is 0 Å². The Morgan fingerprint density at radius 3 is 3.00 bits per heavy atom. The maximum atomic E-state index is 4.44. The molecule has 17 heavy (non-hydrogen) atoms. The second-order valence-electron chi connectivity index (χ2n) is 4.10. The fourth-order valence-electron chi connectivity index (χ4n) is 1.90. The van der Waals surface area contributed by atoms with Gasteiger partial charge in [0.1, 0.15) is 0 Å². The highest BCUT2D eigenvalue weighted by Gasteiger charge is 2.00. The summed E-state index contributed by atoms with van der Waals surface area (Å²) in [5, 5.41) is 4.65. The maximum absolute atomic E-state index is 4.44. The molecule has 2 rings (SSSR count). The van der Waals surface area contributed by atoms with Crippen molar-refractivity contribution < 1.29 is 0 Å². The molecule has 0 atom stereocenters. The molecule has 0 aliphatic heterocycles. The van der Waals surface area contributed by atoms with Crippen molar-refractivity contribution in [2.24, 2.45) is 0 Å². The summed E-state index contributed by atoms with van der Waals surface area (Å²) in [6.45, 7) is 5.62. The lowest BCUT2D eigenvalue weighted by molar-refractivity contribution is 0.657. The summed E-state index contributed by atoms with van der Waals surface area (Å²) in [5.41, 5.74) is 2.37. The van der Waals surface area contributed by atoms with Crippen molar-refractivity contribution in [2.45, 2.75) is 19.4 Å². The van der Waals surface area contributed by atoms with Crippen LogP contribution in [0.3, 0.4) is 0 Å². The summed E-state index contributed by atoms with van der Waals surface area (Å²) >= 11 is 0. The van der Waals surface area contributed by atoms with Crippen molar-refractivity contribution in [3.05, 3.63) is 54.7 Å². The topological polar surface area (TPSA) is 24.9 Å². The van der Waals surface area contributed by atoms with Crippen LogP contribution in [0.1, 0.15) is 18.4 Å². The number of rotatable bonds is 6. The van der Waals surface area contributed by atoms with Gasteiger partial charge in [0.25, 0.3) is 0 Å². The zero-order valence-corrected chi connectivity index (χ0v) is 10.0. The van der Waals surface area contributed by atoms with Crippen LogP contribution in [-0.2, 0) is 6.54 Å². The molecule has 1 N–H and O–H groups in total. The predicted octanol–water partition coefficient (Wildman–Crippen LogP) is 3.29. The molecule has 0 bridgehead atoms. The van der Waals surface area contributed by atoms with Gasteiger partial charge in [-0.05, 0) is 31.0 Å². The van der Waals surface area contributed by atoms with E-state index in [1.807, 2.05) is 18.3 Å². The number of aromatic nitrogens is 1. The molecule has 0 amide bonds.